The lowest BCUT2D eigenvalue weighted by molar-refractivity contribution is 0.0693. The van der Waals surface area contributed by atoms with E-state index in [1.807, 2.05) is 6.92 Å². The summed E-state index contributed by atoms with van der Waals surface area (Å²) in [6.45, 7) is 2.45. The zero-order valence-electron chi connectivity index (χ0n) is 8.49. The number of fused-ring (bicyclic) bond motifs is 1. The molecule has 3 N–H and O–H groups in total. The van der Waals surface area contributed by atoms with Gasteiger partial charge >= 0.3 is 5.97 Å². The molecule has 0 saturated carbocycles. The molecule has 0 bridgehead atoms. The minimum Gasteiger partial charge on any atom is -0.493 e. The van der Waals surface area contributed by atoms with Crippen molar-refractivity contribution in [2.75, 3.05) is 6.61 Å². The maximum Gasteiger partial charge on any atom is 0.336 e. The number of aromatic carboxylic acids is 1. The van der Waals surface area contributed by atoms with Crippen LogP contribution in [0.3, 0.4) is 0 Å². The lowest BCUT2D eigenvalue weighted by atomic mass is 9.93. The van der Waals surface area contributed by atoms with E-state index in [1.165, 1.54) is 0 Å². The van der Waals surface area contributed by atoms with Gasteiger partial charge in [-0.05, 0) is 18.6 Å². The highest BCUT2D eigenvalue weighted by Crippen LogP contribution is 2.36. The molecule has 0 fully saturated rings. The number of carboxylic acids is 1. The summed E-state index contributed by atoms with van der Waals surface area (Å²) in [5.41, 5.74) is 7.73. The Morgan fingerprint density at radius 1 is 1.60 bits per heavy atom. The number of benzene rings is 1. The van der Waals surface area contributed by atoms with Gasteiger partial charge in [0.15, 0.2) is 0 Å². The number of carboxylic acid groups (broad SMARTS) is 1. The molecule has 0 aromatic heterocycles. The first-order valence-electron chi connectivity index (χ1n) is 4.86. The molecule has 1 aliphatic heterocycles. The van der Waals surface area contributed by atoms with Crippen molar-refractivity contribution in [1.29, 1.82) is 0 Å². The average Bonchev–Trinajstić information content (AvgIpc) is 2.19. The fourth-order valence-corrected chi connectivity index (χ4v) is 1.89. The fourth-order valence-electron chi connectivity index (χ4n) is 1.89. The summed E-state index contributed by atoms with van der Waals surface area (Å²) < 4.78 is 5.47. The third kappa shape index (κ3) is 1.57. The molecule has 1 aromatic carbocycles. The first-order valence-corrected chi connectivity index (χ1v) is 4.86. The number of carbonyl (C=O) groups is 1. The van der Waals surface area contributed by atoms with Crippen molar-refractivity contribution in [2.24, 2.45) is 5.73 Å². The van der Waals surface area contributed by atoms with Gasteiger partial charge < -0.3 is 15.6 Å². The fraction of sp³-hybridized carbons (Fsp3) is 0.364. The van der Waals surface area contributed by atoms with Crippen LogP contribution in [0.15, 0.2) is 12.1 Å². The van der Waals surface area contributed by atoms with E-state index in [1.54, 1.807) is 12.1 Å². The number of rotatable bonds is 1. The Kier molecular flexibility index (Phi) is 2.36. The zero-order valence-corrected chi connectivity index (χ0v) is 8.49. The number of aryl methyl sites for hydroxylation is 1. The Balaban J connectivity index is 2.65. The van der Waals surface area contributed by atoms with Gasteiger partial charge in [0.1, 0.15) is 5.75 Å². The molecule has 0 radical (unpaired) electrons. The van der Waals surface area contributed by atoms with Crippen molar-refractivity contribution in [2.45, 2.75) is 19.4 Å². The van der Waals surface area contributed by atoms with Crippen molar-refractivity contribution in [3.63, 3.8) is 0 Å². The highest BCUT2D eigenvalue weighted by atomic mass is 16.5. The normalized spacial score (nSPS) is 19.2. The second kappa shape index (κ2) is 3.55. The first kappa shape index (κ1) is 9.98. The maximum atomic E-state index is 11.0. The summed E-state index contributed by atoms with van der Waals surface area (Å²) in [6, 6.07) is 3.10. The van der Waals surface area contributed by atoms with Crippen molar-refractivity contribution >= 4 is 5.97 Å². The quantitative estimate of drug-likeness (QED) is 0.731. The van der Waals surface area contributed by atoms with Crippen LogP contribution in [0.1, 0.15) is 33.9 Å². The Morgan fingerprint density at radius 2 is 2.33 bits per heavy atom. The van der Waals surface area contributed by atoms with Crippen LogP contribution >= 0.6 is 0 Å². The molecule has 4 nitrogen and oxygen atoms in total. The van der Waals surface area contributed by atoms with E-state index in [2.05, 4.69) is 0 Å². The van der Waals surface area contributed by atoms with Crippen LogP contribution in [0.25, 0.3) is 0 Å². The van der Waals surface area contributed by atoms with E-state index in [0.29, 0.717) is 24.3 Å². The summed E-state index contributed by atoms with van der Waals surface area (Å²) in [5, 5.41) is 9.04. The smallest absolute Gasteiger partial charge is 0.336 e. The van der Waals surface area contributed by atoms with Gasteiger partial charge in [0, 0.05) is 18.0 Å². The summed E-state index contributed by atoms with van der Waals surface area (Å²) in [5.74, 6) is -0.305. The monoisotopic (exact) mass is 207 g/mol. The van der Waals surface area contributed by atoms with Gasteiger partial charge in [-0.1, -0.05) is 6.07 Å². The van der Waals surface area contributed by atoms with E-state index >= 15 is 0 Å². The molecule has 1 aliphatic rings. The van der Waals surface area contributed by atoms with E-state index in [-0.39, 0.29) is 11.6 Å². The van der Waals surface area contributed by atoms with Crippen molar-refractivity contribution in [3.8, 4) is 5.75 Å². The average molecular weight is 207 g/mol. The Bertz CT molecular complexity index is 415. The van der Waals surface area contributed by atoms with Gasteiger partial charge in [-0.25, -0.2) is 4.79 Å². The number of ether oxygens (including phenoxy) is 1. The van der Waals surface area contributed by atoms with Crippen molar-refractivity contribution in [1.82, 2.24) is 0 Å². The van der Waals surface area contributed by atoms with Crippen LogP contribution in [0.2, 0.25) is 0 Å². The molecule has 0 spiro atoms. The molecule has 4 heteroatoms. The van der Waals surface area contributed by atoms with Crippen LogP contribution in [0, 0.1) is 6.92 Å². The van der Waals surface area contributed by atoms with E-state index < -0.39 is 5.97 Å². The minimum atomic E-state index is -0.952. The minimum absolute atomic E-state index is 0.236. The van der Waals surface area contributed by atoms with Crippen LogP contribution in [0.5, 0.6) is 5.75 Å². The predicted molar refractivity (Wildman–Crippen MR) is 55.2 cm³/mol. The summed E-state index contributed by atoms with van der Waals surface area (Å²) >= 11 is 0. The highest BCUT2D eigenvalue weighted by molar-refractivity contribution is 5.90. The van der Waals surface area contributed by atoms with Crippen LogP contribution in [0.4, 0.5) is 0 Å². The Labute approximate surface area is 87.7 Å². The summed E-state index contributed by atoms with van der Waals surface area (Å²) in [4.78, 5) is 11.0. The second-order valence-electron chi connectivity index (χ2n) is 3.72. The molecule has 0 saturated heterocycles. The van der Waals surface area contributed by atoms with E-state index in [9.17, 15) is 4.79 Å². The molecule has 0 amide bonds. The summed E-state index contributed by atoms with van der Waals surface area (Å²) in [7, 11) is 0. The molecule has 0 aliphatic carbocycles. The second-order valence-corrected chi connectivity index (χ2v) is 3.72. The van der Waals surface area contributed by atoms with Crippen molar-refractivity contribution in [3.05, 3.63) is 28.8 Å². The number of nitrogens with two attached hydrogens (primary N) is 1. The third-order valence-corrected chi connectivity index (χ3v) is 2.67. The molecule has 1 heterocycles. The predicted octanol–water partition coefficient (Wildman–Crippen LogP) is 1.48. The van der Waals surface area contributed by atoms with Gasteiger partial charge in [-0.15, -0.1) is 0 Å². The highest BCUT2D eigenvalue weighted by Gasteiger charge is 2.25. The maximum absolute atomic E-state index is 11.0. The van der Waals surface area contributed by atoms with Crippen LogP contribution < -0.4 is 10.5 Å². The molecular formula is C11H13NO3. The van der Waals surface area contributed by atoms with Crippen LogP contribution in [-0.2, 0) is 0 Å². The van der Waals surface area contributed by atoms with Gasteiger partial charge in [0.25, 0.3) is 0 Å². The largest absolute Gasteiger partial charge is 0.493 e. The third-order valence-electron chi connectivity index (χ3n) is 2.67. The lowest BCUT2D eigenvalue weighted by Gasteiger charge is -2.25. The van der Waals surface area contributed by atoms with Gasteiger partial charge in [-0.2, -0.15) is 0 Å². The lowest BCUT2D eigenvalue weighted by Crippen LogP contribution is -2.24. The molecule has 80 valence electrons. The number of hydrogen-bond donors (Lipinski definition) is 2. The van der Waals surface area contributed by atoms with Gasteiger partial charge in [0.05, 0.1) is 12.2 Å². The topological polar surface area (TPSA) is 72.5 Å². The SMILES string of the molecule is Cc1ccc(C(=O)O)c2c1OCC[C@H]2N. The van der Waals surface area contributed by atoms with Gasteiger partial charge in [0.2, 0.25) is 0 Å². The Morgan fingerprint density at radius 3 is 3.00 bits per heavy atom. The molecule has 15 heavy (non-hydrogen) atoms. The van der Waals surface area contributed by atoms with E-state index in [4.69, 9.17) is 15.6 Å². The standard InChI is InChI=1S/C11H13NO3/c1-6-2-3-7(11(13)14)9-8(12)4-5-15-10(6)9/h2-3,8H,4-5,12H2,1H3,(H,13,14)/t8-/m1/s1. The Hall–Kier alpha value is -1.55. The van der Waals surface area contributed by atoms with Crippen molar-refractivity contribution < 1.29 is 14.6 Å². The van der Waals surface area contributed by atoms with Crippen LogP contribution in [-0.4, -0.2) is 17.7 Å². The van der Waals surface area contributed by atoms with Gasteiger partial charge in [-0.3, -0.25) is 0 Å². The summed E-state index contributed by atoms with van der Waals surface area (Å²) in [6.07, 6.45) is 0.663. The molecule has 0 unspecified atom stereocenters. The number of hydrogen-bond acceptors (Lipinski definition) is 3. The molecule has 2 rings (SSSR count). The zero-order chi connectivity index (χ0) is 11.0. The first-order chi connectivity index (χ1) is 7.11. The van der Waals surface area contributed by atoms with E-state index in [0.717, 1.165) is 5.56 Å². The molecule has 1 aromatic rings. The molecular weight excluding hydrogens is 194 g/mol. The molecule has 1 atom stereocenters.